The molecule has 3 N–H and O–H groups in total. The first-order valence-electron chi connectivity index (χ1n) is 9.11. The molecule has 1 heterocycles. The van der Waals surface area contributed by atoms with Crippen LogP contribution in [0.5, 0.6) is 5.75 Å². The van der Waals surface area contributed by atoms with Gasteiger partial charge in [-0.05, 0) is 31.4 Å². The van der Waals surface area contributed by atoms with Crippen LogP contribution in [0.3, 0.4) is 0 Å². The number of benzene rings is 1. The van der Waals surface area contributed by atoms with E-state index in [1.54, 1.807) is 0 Å². The normalized spacial score (nSPS) is 21.6. The fourth-order valence-corrected chi connectivity index (χ4v) is 3.36. The van der Waals surface area contributed by atoms with E-state index in [-0.39, 0.29) is 30.1 Å². The number of hydrogen-bond donors (Lipinski definition) is 2. The zero-order valence-electron chi connectivity index (χ0n) is 15.0. The molecule has 1 aromatic rings. The number of nitrogens with one attached hydrogen (secondary N) is 1. The molecule has 0 aromatic heterocycles. The maximum absolute atomic E-state index is 6.11. The first kappa shape index (κ1) is 20.3. The van der Waals surface area contributed by atoms with Gasteiger partial charge in [-0.2, -0.15) is 0 Å². The molecular weight excluding hydrogens is 429 g/mol. The topological polar surface area (TPSA) is 68.9 Å². The van der Waals surface area contributed by atoms with Gasteiger partial charge in [0, 0.05) is 18.0 Å². The number of hydrogen-bond acceptors (Lipinski definition) is 3. The molecule has 1 unspecified atom stereocenters. The van der Waals surface area contributed by atoms with E-state index in [0.29, 0.717) is 25.2 Å². The Balaban J connectivity index is 0.00000225. The van der Waals surface area contributed by atoms with E-state index in [4.69, 9.17) is 15.2 Å². The second-order valence-corrected chi connectivity index (χ2v) is 6.90. The summed E-state index contributed by atoms with van der Waals surface area (Å²) in [5.41, 5.74) is 8.33. The molecule has 0 bridgehead atoms. The van der Waals surface area contributed by atoms with Gasteiger partial charge in [0.25, 0.3) is 0 Å². The highest BCUT2D eigenvalue weighted by atomic mass is 127. The van der Waals surface area contributed by atoms with E-state index < -0.39 is 0 Å². The first-order valence-corrected chi connectivity index (χ1v) is 9.11. The molecule has 1 atom stereocenters. The molecule has 1 aliphatic heterocycles. The van der Waals surface area contributed by atoms with Gasteiger partial charge in [0.05, 0.1) is 19.8 Å². The number of rotatable bonds is 5. The summed E-state index contributed by atoms with van der Waals surface area (Å²) in [6.45, 7) is 4.06. The highest BCUT2D eigenvalue weighted by molar-refractivity contribution is 14.0. The molecular formula is C19H30IN3O2. The molecule has 6 heteroatoms. The molecule has 0 radical (unpaired) electrons. The largest absolute Gasteiger partial charge is 0.488 e. The predicted octanol–water partition coefficient (Wildman–Crippen LogP) is 3.52. The molecule has 5 nitrogen and oxygen atoms in total. The molecule has 1 saturated carbocycles. The SMILES string of the molecule is Cc1ccc(CN=C(N)NC2CCCCC2)c(OC2CCOC2)c1.I. The van der Waals surface area contributed by atoms with Crippen LogP contribution in [0, 0.1) is 6.92 Å². The van der Waals surface area contributed by atoms with Gasteiger partial charge >= 0.3 is 0 Å². The van der Waals surface area contributed by atoms with Crippen LogP contribution in [0.1, 0.15) is 49.7 Å². The molecule has 0 spiro atoms. The maximum Gasteiger partial charge on any atom is 0.189 e. The Morgan fingerprint density at radius 2 is 2.08 bits per heavy atom. The van der Waals surface area contributed by atoms with Crippen molar-refractivity contribution in [1.29, 1.82) is 0 Å². The summed E-state index contributed by atoms with van der Waals surface area (Å²) in [7, 11) is 0. The fourth-order valence-electron chi connectivity index (χ4n) is 3.36. The lowest BCUT2D eigenvalue weighted by molar-refractivity contribution is 0.140. The first-order chi connectivity index (χ1) is 11.7. The quantitative estimate of drug-likeness (QED) is 0.402. The summed E-state index contributed by atoms with van der Waals surface area (Å²) in [5, 5.41) is 3.36. The number of guanidine groups is 1. The van der Waals surface area contributed by atoms with Gasteiger partial charge in [-0.25, -0.2) is 4.99 Å². The standard InChI is InChI=1S/C19H29N3O2.HI/c1-14-7-8-15(18(11-14)24-17-9-10-23-13-17)12-21-19(20)22-16-5-3-2-4-6-16;/h7-8,11,16-17H,2-6,9-10,12-13H2,1H3,(H3,20,21,22);1H. The van der Waals surface area contributed by atoms with E-state index in [2.05, 4.69) is 35.4 Å². The third kappa shape index (κ3) is 6.33. The number of nitrogens with two attached hydrogens (primary N) is 1. The molecule has 3 rings (SSSR count). The predicted molar refractivity (Wildman–Crippen MR) is 112 cm³/mol. The number of ether oxygens (including phenoxy) is 2. The average molecular weight is 459 g/mol. The lowest BCUT2D eigenvalue weighted by atomic mass is 9.96. The number of halogens is 1. The van der Waals surface area contributed by atoms with Crippen LogP contribution in [-0.2, 0) is 11.3 Å². The molecule has 2 fully saturated rings. The summed E-state index contributed by atoms with van der Waals surface area (Å²) in [5.74, 6) is 1.44. The molecule has 1 saturated heterocycles. The molecule has 1 aliphatic carbocycles. The number of nitrogens with zero attached hydrogens (tertiary/aromatic N) is 1. The Kier molecular flexibility index (Phi) is 8.29. The van der Waals surface area contributed by atoms with Crippen molar-refractivity contribution in [3.05, 3.63) is 29.3 Å². The molecule has 1 aromatic carbocycles. The zero-order valence-corrected chi connectivity index (χ0v) is 17.3. The second-order valence-electron chi connectivity index (χ2n) is 6.90. The number of aryl methyl sites for hydroxylation is 1. The van der Waals surface area contributed by atoms with Crippen LogP contribution in [0.2, 0.25) is 0 Å². The van der Waals surface area contributed by atoms with Crippen LogP contribution in [0.15, 0.2) is 23.2 Å². The van der Waals surface area contributed by atoms with Gasteiger partial charge in [-0.1, -0.05) is 31.4 Å². The van der Waals surface area contributed by atoms with Gasteiger partial charge in [-0.15, -0.1) is 24.0 Å². The summed E-state index contributed by atoms with van der Waals surface area (Å²) in [4.78, 5) is 4.53. The van der Waals surface area contributed by atoms with Crippen molar-refractivity contribution < 1.29 is 9.47 Å². The van der Waals surface area contributed by atoms with Crippen LogP contribution in [-0.4, -0.2) is 31.3 Å². The number of aliphatic imine (C=N–C) groups is 1. The van der Waals surface area contributed by atoms with Crippen molar-refractivity contribution in [3.8, 4) is 5.75 Å². The average Bonchev–Trinajstić information content (AvgIpc) is 3.08. The Morgan fingerprint density at radius 3 is 2.80 bits per heavy atom. The van der Waals surface area contributed by atoms with Gasteiger partial charge in [0.15, 0.2) is 5.96 Å². The minimum atomic E-state index is 0. The van der Waals surface area contributed by atoms with Crippen molar-refractivity contribution >= 4 is 29.9 Å². The van der Waals surface area contributed by atoms with Gasteiger partial charge in [0.2, 0.25) is 0 Å². The van der Waals surface area contributed by atoms with Crippen molar-refractivity contribution in [2.75, 3.05) is 13.2 Å². The van der Waals surface area contributed by atoms with Gasteiger partial charge < -0.3 is 20.5 Å². The summed E-state index contributed by atoms with van der Waals surface area (Å²) in [6, 6.07) is 6.73. The van der Waals surface area contributed by atoms with E-state index in [1.807, 2.05) is 0 Å². The monoisotopic (exact) mass is 459 g/mol. The molecule has 2 aliphatic rings. The summed E-state index contributed by atoms with van der Waals surface area (Å²) in [6.07, 6.45) is 7.38. The Morgan fingerprint density at radius 1 is 1.28 bits per heavy atom. The molecule has 140 valence electrons. The van der Waals surface area contributed by atoms with Crippen molar-refractivity contribution in [1.82, 2.24) is 5.32 Å². The van der Waals surface area contributed by atoms with Crippen molar-refractivity contribution in [2.45, 2.75) is 64.1 Å². The van der Waals surface area contributed by atoms with Gasteiger partial charge in [-0.3, -0.25) is 0 Å². The van der Waals surface area contributed by atoms with E-state index >= 15 is 0 Å². The van der Waals surface area contributed by atoms with Crippen molar-refractivity contribution in [3.63, 3.8) is 0 Å². The van der Waals surface area contributed by atoms with Crippen LogP contribution in [0.25, 0.3) is 0 Å². The lowest BCUT2D eigenvalue weighted by Crippen LogP contribution is -2.41. The van der Waals surface area contributed by atoms with Crippen LogP contribution < -0.4 is 15.8 Å². The molecule has 0 amide bonds. The minimum Gasteiger partial charge on any atom is -0.488 e. The van der Waals surface area contributed by atoms with E-state index in [1.165, 1.54) is 37.7 Å². The van der Waals surface area contributed by atoms with E-state index in [0.717, 1.165) is 24.3 Å². The van der Waals surface area contributed by atoms with Crippen LogP contribution >= 0.6 is 24.0 Å². The highest BCUT2D eigenvalue weighted by Crippen LogP contribution is 2.24. The third-order valence-electron chi connectivity index (χ3n) is 4.78. The lowest BCUT2D eigenvalue weighted by Gasteiger charge is -2.23. The zero-order chi connectivity index (χ0) is 16.8. The Labute approximate surface area is 167 Å². The fraction of sp³-hybridized carbons (Fsp3) is 0.632. The highest BCUT2D eigenvalue weighted by Gasteiger charge is 2.19. The smallest absolute Gasteiger partial charge is 0.189 e. The van der Waals surface area contributed by atoms with Crippen molar-refractivity contribution in [2.24, 2.45) is 10.7 Å². The maximum atomic E-state index is 6.11. The Hall–Kier alpha value is -1.02. The van der Waals surface area contributed by atoms with Crippen LogP contribution in [0.4, 0.5) is 0 Å². The summed E-state index contributed by atoms with van der Waals surface area (Å²) < 4.78 is 11.5. The Bertz CT molecular complexity index is 568. The summed E-state index contributed by atoms with van der Waals surface area (Å²) >= 11 is 0. The van der Waals surface area contributed by atoms with Gasteiger partial charge in [0.1, 0.15) is 11.9 Å². The molecule has 25 heavy (non-hydrogen) atoms. The van der Waals surface area contributed by atoms with E-state index in [9.17, 15) is 0 Å². The minimum absolute atomic E-state index is 0. The second kappa shape index (κ2) is 10.2. The third-order valence-corrected chi connectivity index (χ3v) is 4.78.